The molecule has 0 radical (unpaired) electrons. The van der Waals surface area contributed by atoms with Crippen LogP contribution in [0.1, 0.15) is 5.56 Å². The Morgan fingerprint density at radius 3 is 2.54 bits per heavy atom. The van der Waals surface area contributed by atoms with Crippen LogP contribution in [0.2, 0.25) is 15.2 Å². The highest BCUT2D eigenvalue weighted by Gasteiger charge is 2.36. The number of methoxy groups -OCH3 is 1. The number of imidazole rings is 1. The first-order valence-electron chi connectivity index (χ1n) is 12.5. The zero-order valence-corrected chi connectivity index (χ0v) is 24.1. The van der Waals surface area contributed by atoms with E-state index in [1.54, 1.807) is 54.7 Å². The second-order valence-corrected chi connectivity index (χ2v) is 10.3. The molecule has 0 aliphatic carbocycles. The van der Waals surface area contributed by atoms with Crippen molar-refractivity contribution < 1.29 is 14.3 Å². The lowest BCUT2D eigenvalue weighted by Gasteiger charge is -2.41. The van der Waals surface area contributed by atoms with Crippen LogP contribution in [0, 0.1) is 0 Å². The lowest BCUT2D eigenvalue weighted by molar-refractivity contribution is -0.125. The van der Waals surface area contributed by atoms with Crippen molar-refractivity contribution in [1.29, 1.82) is 0 Å². The molecule has 1 aliphatic heterocycles. The molecule has 4 aromatic rings. The van der Waals surface area contributed by atoms with Gasteiger partial charge in [-0.1, -0.05) is 46.9 Å². The molecule has 11 nitrogen and oxygen atoms in total. The molecule has 0 saturated carbocycles. The van der Waals surface area contributed by atoms with Gasteiger partial charge in [0.1, 0.15) is 29.1 Å². The second-order valence-electron chi connectivity index (χ2n) is 9.10. The molecule has 3 heterocycles. The average Bonchev–Trinajstić information content (AvgIpc) is 3.53. The number of carbonyl (C=O) groups excluding carboxylic acids is 2. The molecule has 1 atom stereocenters. The van der Waals surface area contributed by atoms with Crippen molar-refractivity contribution in [2.45, 2.75) is 12.6 Å². The number of ether oxygens (including phenoxy) is 1. The Balaban J connectivity index is 1.37. The molecule has 2 N–H and O–H groups in total. The number of urea groups is 1. The molecule has 3 amide bonds. The fraction of sp³-hybridized carbons (Fsp3) is 0.222. The molecule has 1 aliphatic rings. The Morgan fingerprint density at radius 1 is 1.02 bits per heavy atom. The van der Waals surface area contributed by atoms with E-state index >= 15 is 0 Å². The molecule has 14 heteroatoms. The molecule has 212 valence electrons. The van der Waals surface area contributed by atoms with Gasteiger partial charge in [0, 0.05) is 50.3 Å². The predicted octanol–water partition coefficient (Wildman–Crippen LogP) is 4.67. The highest BCUT2D eigenvalue weighted by Crippen LogP contribution is 2.26. The fourth-order valence-electron chi connectivity index (χ4n) is 4.33. The topological polar surface area (TPSA) is 118 Å². The van der Waals surface area contributed by atoms with Crippen LogP contribution in [0.4, 0.5) is 16.3 Å². The summed E-state index contributed by atoms with van der Waals surface area (Å²) in [5, 5.41) is 6.67. The maximum Gasteiger partial charge on any atom is 0.322 e. The third-order valence-electron chi connectivity index (χ3n) is 6.47. The Labute approximate surface area is 251 Å². The van der Waals surface area contributed by atoms with Crippen LogP contribution in [0.25, 0.3) is 5.95 Å². The maximum atomic E-state index is 13.6. The number of nitrogens with zero attached hydrogens (tertiary/aromatic N) is 6. The molecule has 2 aromatic heterocycles. The summed E-state index contributed by atoms with van der Waals surface area (Å²) in [6.07, 6.45) is 4.88. The number of rotatable bonds is 7. The van der Waals surface area contributed by atoms with E-state index in [-0.39, 0.29) is 30.7 Å². The van der Waals surface area contributed by atoms with Crippen LogP contribution in [-0.2, 0) is 11.3 Å². The minimum absolute atomic E-state index is 0.167. The number of nitrogens with one attached hydrogen (secondary N) is 2. The summed E-state index contributed by atoms with van der Waals surface area (Å²) in [6, 6.07) is 12.5. The summed E-state index contributed by atoms with van der Waals surface area (Å²) in [5.74, 6) is 1.24. The molecule has 0 spiro atoms. The van der Waals surface area contributed by atoms with Crippen molar-refractivity contribution in [1.82, 2.24) is 29.7 Å². The first-order valence-corrected chi connectivity index (χ1v) is 13.7. The first kappa shape index (κ1) is 28.5. The molecule has 2 aromatic carbocycles. The third kappa shape index (κ3) is 6.82. The number of anilines is 2. The number of aromatic nitrogens is 4. The SMILES string of the molecule is COc1ccc(CNC(=O)C2CN(c3cc(Cl)nc(-n4ccnc4)n3)CCN2C(=O)Nc2ccc(Cl)c(Cl)c2)cc1. The molecule has 5 rings (SSSR count). The maximum absolute atomic E-state index is 13.6. The molecule has 41 heavy (non-hydrogen) atoms. The van der Waals surface area contributed by atoms with Crippen LogP contribution in [0.3, 0.4) is 0 Å². The molecular formula is C27H25Cl3N8O3. The predicted molar refractivity (Wildman–Crippen MR) is 157 cm³/mol. The molecule has 1 unspecified atom stereocenters. The standard InChI is InChI=1S/C27H25Cl3N8O3/c1-41-19-5-2-17(3-6-19)14-32-25(39)22-15-36(24-13-23(30)34-26(35-24)37-9-8-31-16-37)10-11-38(22)27(40)33-18-4-7-20(28)21(29)12-18/h2-9,12-13,16,22H,10-11,14-15H2,1H3,(H,32,39)(H,33,40). The molecule has 0 bridgehead atoms. The van der Waals surface area contributed by atoms with Gasteiger partial charge in [-0.25, -0.2) is 14.8 Å². The molecule has 1 saturated heterocycles. The monoisotopic (exact) mass is 614 g/mol. The lowest BCUT2D eigenvalue weighted by Crippen LogP contribution is -2.61. The van der Waals surface area contributed by atoms with Crippen molar-refractivity contribution in [3.05, 3.63) is 88.0 Å². The minimum Gasteiger partial charge on any atom is -0.497 e. The van der Waals surface area contributed by atoms with Crippen molar-refractivity contribution in [2.75, 3.05) is 37.0 Å². The normalized spacial score (nSPS) is 15.0. The Morgan fingerprint density at radius 2 is 1.83 bits per heavy atom. The number of hydrogen-bond acceptors (Lipinski definition) is 7. The van der Waals surface area contributed by atoms with E-state index in [0.717, 1.165) is 5.56 Å². The van der Waals surface area contributed by atoms with Gasteiger partial charge in [-0.3, -0.25) is 9.36 Å². The summed E-state index contributed by atoms with van der Waals surface area (Å²) in [5.41, 5.74) is 1.34. The van der Waals surface area contributed by atoms with E-state index in [1.165, 1.54) is 4.90 Å². The van der Waals surface area contributed by atoms with Gasteiger partial charge < -0.3 is 25.2 Å². The van der Waals surface area contributed by atoms with E-state index in [9.17, 15) is 9.59 Å². The summed E-state index contributed by atoms with van der Waals surface area (Å²) < 4.78 is 6.84. The summed E-state index contributed by atoms with van der Waals surface area (Å²) in [4.78, 5) is 43.3. The van der Waals surface area contributed by atoms with E-state index in [0.29, 0.717) is 39.8 Å². The van der Waals surface area contributed by atoms with Gasteiger partial charge in [0.05, 0.1) is 17.2 Å². The van der Waals surface area contributed by atoms with Gasteiger partial charge in [-0.2, -0.15) is 4.98 Å². The van der Waals surface area contributed by atoms with E-state index in [2.05, 4.69) is 25.6 Å². The van der Waals surface area contributed by atoms with Crippen LogP contribution in [-0.4, -0.2) is 69.1 Å². The van der Waals surface area contributed by atoms with Crippen LogP contribution in [0.15, 0.2) is 67.3 Å². The van der Waals surface area contributed by atoms with Gasteiger partial charge in [0.25, 0.3) is 0 Å². The van der Waals surface area contributed by atoms with E-state index in [4.69, 9.17) is 39.5 Å². The van der Waals surface area contributed by atoms with Crippen molar-refractivity contribution in [3.8, 4) is 11.7 Å². The van der Waals surface area contributed by atoms with Gasteiger partial charge >= 0.3 is 6.03 Å². The summed E-state index contributed by atoms with van der Waals surface area (Å²) in [7, 11) is 1.59. The van der Waals surface area contributed by atoms with Gasteiger partial charge in [-0.15, -0.1) is 0 Å². The number of hydrogen-bond donors (Lipinski definition) is 2. The second kappa shape index (κ2) is 12.6. The summed E-state index contributed by atoms with van der Waals surface area (Å²) in [6.45, 7) is 1.06. The Hall–Kier alpha value is -4.06. The minimum atomic E-state index is -0.852. The highest BCUT2D eigenvalue weighted by atomic mass is 35.5. The summed E-state index contributed by atoms with van der Waals surface area (Å²) >= 11 is 18.5. The van der Waals surface area contributed by atoms with Crippen LogP contribution < -0.4 is 20.3 Å². The number of halogens is 3. The largest absolute Gasteiger partial charge is 0.497 e. The first-order chi connectivity index (χ1) is 19.8. The lowest BCUT2D eigenvalue weighted by atomic mass is 10.1. The molecular weight excluding hydrogens is 591 g/mol. The number of benzene rings is 2. The van der Waals surface area contributed by atoms with E-state index in [1.807, 2.05) is 29.2 Å². The van der Waals surface area contributed by atoms with Crippen molar-refractivity contribution in [2.24, 2.45) is 0 Å². The molecule has 1 fully saturated rings. The Kier molecular flexibility index (Phi) is 8.77. The number of amides is 3. The average molecular weight is 616 g/mol. The number of piperazine rings is 1. The third-order valence-corrected chi connectivity index (χ3v) is 7.40. The number of carbonyl (C=O) groups is 2. The highest BCUT2D eigenvalue weighted by molar-refractivity contribution is 6.42. The van der Waals surface area contributed by atoms with Gasteiger partial charge in [-0.05, 0) is 35.9 Å². The van der Waals surface area contributed by atoms with Crippen molar-refractivity contribution in [3.63, 3.8) is 0 Å². The van der Waals surface area contributed by atoms with Gasteiger partial charge in [0.15, 0.2) is 0 Å². The van der Waals surface area contributed by atoms with Crippen LogP contribution in [0.5, 0.6) is 5.75 Å². The van der Waals surface area contributed by atoms with Crippen molar-refractivity contribution >= 4 is 58.2 Å². The van der Waals surface area contributed by atoms with Crippen LogP contribution >= 0.6 is 34.8 Å². The Bertz CT molecular complexity index is 1540. The zero-order chi connectivity index (χ0) is 28.9. The van der Waals surface area contributed by atoms with Gasteiger partial charge in [0.2, 0.25) is 11.9 Å². The van der Waals surface area contributed by atoms with E-state index < -0.39 is 12.1 Å². The quantitative estimate of drug-likeness (QED) is 0.290. The smallest absolute Gasteiger partial charge is 0.322 e. The zero-order valence-electron chi connectivity index (χ0n) is 21.8. The fourth-order valence-corrected chi connectivity index (χ4v) is 4.80.